The van der Waals surface area contributed by atoms with Crippen LogP contribution in [0.25, 0.3) is 15.6 Å². The lowest BCUT2D eigenvalue weighted by Gasteiger charge is -2.41. The molecule has 4 heterocycles. The first kappa shape index (κ1) is 28.7. The minimum absolute atomic E-state index is 0.0229. The van der Waals surface area contributed by atoms with Crippen LogP contribution < -0.4 is 14.5 Å². The van der Waals surface area contributed by atoms with Crippen molar-refractivity contribution in [3.05, 3.63) is 71.5 Å². The fourth-order valence-corrected chi connectivity index (χ4v) is 5.77. The maximum Gasteiger partial charge on any atom is 0.319 e. The summed E-state index contributed by atoms with van der Waals surface area (Å²) in [5.74, 6) is -1.48. The predicted molar refractivity (Wildman–Crippen MR) is 157 cm³/mol. The zero-order chi connectivity index (χ0) is 30.1. The lowest BCUT2D eigenvalue weighted by atomic mass is 10.0. The zero-order valence-corrected chi connectivity index (χ0v) is 24.0. The van der Waals surface area contributed by atoms with Gasteiger partial charge in [-0.1, -0.05) is 18.7 Å². The average molecular weight is 590 g/mol. The highest BCUT2D eigenvalue weighted by molar-refractivity contribution is 5.94. The number of hydrogen-bond donors (Lipinski definition) is 0. The van der Waals surface area contributed by atoms with E-state index in [4.69, 9.17) is 26.0 Å². The van der Waals surface area contributed by atoms with Gasteiger partial charge in [-0.05, 0) is 32.3 Å². The number of carbonyl (C=O) groups is 1. The minimum atomic E-state index is -1.04. The molecule has 0 radical (unpaired) electrons. The molecule has 12 heteroatoms. The first-order valence-corrected chi connectivity index (χ1v) is 14.5. The van der Waals surface area contributed by atoms with E-state index < -0.39 is 17.8 Å². The Morgan fingerprint density at radius 2 is 2.05 bits per heavy atom. The molecule has 2 fully saturated rings. The molecule has 224 valence electrons. The second-order valence-electron chi connectivity index (χ2n) is 11.2. The van der Waals surface area contributed by atoms with E-state index in [0.717, 1.165) is 29.5 Å². The number of carbonyl (C=O) groups excluding carboxylic acids is 1. The van der Waals surface area contributed by atoms with Crippen LogP contribution in [0.3, 0.4) is 0 Å². The van der Waals surface area contributed by atoms with E-state index in [9.17, 15) is 13.6 Å². The second kappa shape index (κ2) is 12.1. The Hall–Kier alpha value is -4.37. The third-order valence-corrected chi connectivity index (χ3v) is 8.05. The van der Waals surface area contributed by atoms with Crippen LogP contribution in [0.5, 0.6) is 6.01 Å². The van der Waals surface area contributed by atoms with Crippen LogP contribution in [-0.4, -0.2) is 83.3 Å². The average Bonchev–Trinajstić information content (AvgIpc) is 3.84. The van der Waals surface area contributed by atoms with Gasteiger partial charge < -0.3 is 29.0 Å². The zero-order valence-electron chi connectivity index (χ0n) is 24.0. The van der Waals surface area contributed by atoms with Crippen LogP contribution in [-0.2, 0) is 22.5 Å². The fraction of sp³-hybridized carbons (Fsp3) is 0.452. The molecule has 2 aromatic heterocycles. The van der Waals surface area contributed by atoms with Crippen LogP contribution in [0, 0.1) is 12.4 Å². The van der Waals surface area contributed by atoms with E-state index in [-0.39, 0.29) is 37.1 Å². The summed E-state index contributed by atoms with van der Waals surface area (Å²) in [6.45, 7) is 14.8. The van der Waals surface area contributed by atoms with E-state index in [1.807, 2.05) is 17.9 Å². The molecule has 1 aliphatic carbocycles. The highest BCUT2D eigenvalue weighted by Gasteiger charge is 2.36. The maximum atomic E-state index is 15.0. The molecule has 43 heavy (non-hydrogen) atoms. The number of pyridine rings is 1. The summed E-state index contributed by atoms with van der Waals surface area (Å²) in [7, 11) is 0. The van der Waals surface area contributed by atoms with Crippen LogP contribution in [0.4, 0.5) is 20.3 Å². The van der Waals surface area contributed by atoms with Crippen molar-refractivity contribution in [3.8, 4) is 6.01 Å². The first-order chi connectivity index (χ1) is 20.8. The van der Waals surface area contributed by atoms with Crippen LogP contribution >= 0.6 is 0 Å². The van der Waals surface area contributed by atoms with Crippen molar-refractivity contribution in [3.63, 3.8) is 0 Å². The van der Waals surface area contributed by atoms with E-state index in [0.29, 0.717) is 56.1 Å². The number of aromatic nitrogens is 3. The van der Waals surface area contributed by atoms with Crippen LogP contribution in [0.15, 0.2) is 43.0 Å². The summed E-state index contributed by atoms with van der Waals surface area (Å²) in [5, 5.41) is 1.23. The van der Waals surface area contributed by atoms with Gasteiger partial charge in [0.2, 0.25) is 6.54 Å². The molecule has 0 N–H and O–H groups in total. The van der Waals surface area contributed by atoms with Crippen LogP contribution in [0.2, 0.25) is 0 Å². The van der Waals surface area contributed by atoms with Gasteiger partial charge in [-0.3, -0.25) is 9.78 Å². The highest BCUT2D eigenvalue weighted by atomic mass is 19.1. The van der Waals surface area contributed by atoms with Crippen molar-refractivity contribution in [2.45, 2.75) is 51.0 Å². The summed E-state index contributed by atoms with van der Waals surface area (Å²) in [5.41, 5.74) is 2.36. The van der Waals surface area contributed by atoms with Gasteiger partial charge in [-0.15, -0.1) is 0 Å². The van der Waals surface area contributed by atoms with Gasteiger partial charge in [0.25, 0.3) is 5.91 Å². The number of ether oxygens (including phenoxy) is 2. The van der Waals surface area contributed by atoms with Crippen molar-refractivity contribution in [2.75, 3.05) is 49.1 Å². The lowest BCUT2D eigenvalue weighted by Crippen LogP contribution is -2.57. The molecule has 6 rings (SSSR count). The Bertz CT molecular complexity index is 1590. The third-order valence-electron chi connectivity index (χ3n) is 8.05. The monoisotopic (exact) mass is 589 g/mol. The summed E-state index contributed by atoms with van der Waals surface area (Å²) in [4.78, 5) is 35.4. The van der Waals surface area contributed by atoms with Gasteiger partial charge in [0.05, 0.1) is 36.8 Å². The molecule has 3 aliphatic rings. The molecule has 10 nitrogen and oxygen atoms in total. The number of fused-ring (bicyclic) bond motifs is 2. The Morgan fingerprint density at radius 1 is 1.21 bits per heavy atom. The molecule has 0 unspecified atom stereocenters. The lowest BCUT2D eigenvalue weighted by molar-refractivity contribution is -0.131. The number of piperazine rings is 1. The van der Waals surface area contributed by atoms with E-state index >= 15 is 0 Å². The fourth-order valence-electron chi connectivity index (χ4n) is 5.77. The van der Waals surface area contributed by atoms with Crippen molar-refractivity contribution >= 4 is 28.2 Å². The smallest absolute Gasteiger partial charge is 0.319 e. The Labute approximate surface area is 248 Å². The molecule has 1 saturated carbocycles. The molecule has 0 spiro atoms. The standard InChI is InChI=1S/C31H33F2N7O3/c1-19(18-42-23-7-8-23)43-31-36-26-17-38(27-15-35-13-21-5-4-6-25(33)28(21)27)10-9-24(26)29(37-31)39-11-12-40(30(41)20(2)32)22(16-39)14-34-3/h4-6,13,15,19,22-23H,2,7-12,14,16-18H2,1H3/t19-,22+/m1/s1. The van der Waals surface area contributed by atoms with Gasteiger partial charge in [0, 0.05) is 48.7 Å². The molecule has 1 amide bonds. The van der Waals surface area contributed by atoms with Gasteiger partial charge in [0.1, 0.15) is 23.8 Å². The summed E-state index contributed by atoms with van der Waals surface area (Å²) < 4.78 is 40.7. The molecule has 2 aliphatic heterocycles. The van der Waals surface area contributed by atoms with Gasteiger partial charge in [-0.25, -0.2) is 15.4 Å². The molecule has 0 bridgehead atoms. The Morgan fingerprint density at radius 3 is 2.81 bits per heavy atom. The highest BCUT2D eigenvalue weighted by Crippen LogP contribution is 2.35. The molecular weight excluding hydrogens is 556 g/mol. The van der Waals surface area contributed by atoms with Crippen molar-refractivity contribution in [1.29, 1.82) is 0 Å². The van der Waals surface area contributed by atoms with Crippen molar-refractivity contribution in [1.82, 2.24) is 19.9 Å². The number of halogens is 2. The normalized spacial score (nSPS) is 19.1. The minimum Gasteiger partial charge on any atom is -0.458 e. The number of hydrogen-bond acceptors (Lipinski definition) is 8. The predicted octanol–water partition coefficient (Wildman–Crippen LogP) is 4.09. The van der Waals surface area contributed by atoms with Gasteiger partial charge >= 0.3 is 6.01 Å². The van der Waals surface area contributed by atoms with Gasteiger partial charge in [0.15, 0.2) is 5.83 Å². The summed E-state index contributed by atoms with van der Waals surface area (Å²) >= 11 is 0. The molecule has 3 aromatic rings. The summed E-state index contributed by atoms with van der Waals surface area (Å²) in [6.07, 6.45) is 6.01. The van der Waals surface area contributed by atoms with Crippen LogP contribution in [0.1, 0.15) is 31.0 Å². The van der Waals surface area contributed by atoms with Crippen molar-refractivity contribution < 1.29 is 23.0 Å². The third kappa shape index (κ3) is 6.08. The molecular formula is C31H33F2N7O3. The van der Waals surface area contributed by atoms with Gasteiger partial charge in [-0.2, -0.15) is 9.97 Å². The second-order valence-corrected chi connectivity index (χ2v) is 11.2. The number of benzene rings is 1. The van der Waals surface area contributed by atoms with Crippen molar-refractivity contribution in [2.24, 2.45) is 0 Å². The quantitative estimate of drug-likeness (QED) is 0.273. The molecule has 1 saturated heterocycles. The topological polar surface area (TPSA) is 88.3 Å². The number of amides is 1. The molecule has 1 aromatic carbocycles. The molecule has 2 atom stereocenters. The summed E-state index contributed by atoms with van der Waals surface area (Å²) in [6, 6.07) is 4.62. The number of anilines is 2. The van der Waals surface area contributed by atoms with E-state index in [1.54, 1.807) is 18.5 Å². The Kier molecular flexibility index (Phi) is 8.08. The van der Waals surface area contributed by atoms with E-state index in [1.165, 1.54) is 11.0 Å². The number of nitrogens with zero attached hydrogens (tertiary/aromatic N) is 7. The Balaban J connectivity index is 1.33. The number of rotatable bonds is 9. The van der Waals surface area contributed by atoms with E-state index in [2.05, 4.69) is 21.3 Å². The first-order valence-electron chi connectivity index (χ1n) is 14.5. The largest absolute Gasteiger partial charge is 0.458 e. The maximum absolute atomic E-state index is 15.0. The SMILES string of the molecule is [C-]#[N+]C[C@H]1CN(c2nc(O[C@H](C)COC3CC3)nc3c2CCN(c2cncc4cccc(F)c24)C3)CCN1C(=O)C(=C)F.